The van der Waals surface area contributed by atoms with Crippen molar-refractivity contribution < 1.29 is 22.8 Å². The van der Waals surface area contributed by atoms with Crippen LogP contribution in [-0.2, 0) is 11.0 Å². The quantitative estimate of drug-likeness (QED) is 0.901. The van der Waals surface area contributed by atoms with Gasteiger partial charge >= 0.3 is 6.18 Å². The van der Waals surface area contributed by atoms with Crippen LogP contribution in [0.25, 0.3) is 0 Å². The van der Waals surface area contributed by atoms with Gasteiger partial charge in [0.1, 0.15) is 11.5 Å². The number of amides is 2. The van der Waals surface area contributed by atoms with E-state index in [0.29, 0.717) is 11.5 Å². The molecule has 0 fully saturated rings. The van der Waals surface area contributed by atoms with E-state index in [2.05, 4.69) is 20.6 Å². The second-order valence-electron chi connectivity index (χ2n) is 4.89. The van der Waals surface area contributed by atoms with Crippen molar-refractivity contribution in [1.29, 1.82) is 0 Å². The summed E-state index contributed by atoms with van der Waals surface area (Å²) in [6, 6.07) is 4.80. The number of alkyl halides is 3. The first kappa shape index (κ1) is 17.4. The lowest BCUT2D eigenvalue weighted by Gasteiger charge is -2.10. The fraction of sp³-hybridized carbons (Fsp3) is 0.200. The minimum absolute atomic E-state index is 0.0222. The molecule has 2 N–H and O–H groups in total. The van der Waals surface area contributed by atoms with Crippen LogP contribution < -0.4 is 10.6 Å². The van der Waals surface area contributed by atoms with E-state index in [1.54, 1.807) is 0 Å². The van der Waals surface area contributed by atoms with Gasteiger partial charge in [0.25, 0.3) is 5.91 Å². The maximum atomic E-state index is 12.6. The highest BCUT2D eigenvalue weighted by Gasteiger charge is 2.33. The molecule has 0 radical (unpaired) electrons. The zero-order chi connectivity index (χ0) is 17.9. The predicted octanol–water partition coefficient (Wildman–Crippen LogP) is 3.01. The Morgan fingerprint density at radius 2 is 1.79 bits per heavy atom. The summed E-state index contributed by atoms with van der Waals surface area (Å²) < 4.78 is 37.7. The molecule has 9 heteroatoms. The number of nitrogens with one attached hydrogen (secondary N) is 2. The predicted molar refractivity (Wildman–Crippen MR) is 80.5 cm³/mol. The van der Waals surface area contributed by atoms with Gasteiger partial charge < -0.3 is 10.6 Å². The molecule has 2 aromatic rings. The van der Waals surface area contributed by atoms with E-state index >= 15 is 0 Å². The lowest BCUT2D eigenvalue weighted by atomic mass is 10.1. The number of aromatic nitrogens is 2. The van der Waals surface area contributed by atoms with Gasteiger partial charge in [0.15, 0.2) is 0 Å². The molecule has 0 bridgehead atoms. The second-order valence-corrected chi connectivity index (χ2v) is 4.89. The van der Waals surface area contributed by atoms with E-state index in [-0.39, 0.29) is 17.2 Å². The second kappa shape index (κ2) is 6.65. The number of anilines is 2. The Morgan fingerprint density at radius 1 is 1.08 bits per heavy atom. The first-order chi connectivity index (χ1) is 11.2. The lowest BCUT2D eigenvalue weighted by molar-refractivity contribution is -0.141. The van der Waals surface area contributed by atoms with E-state index in [4.69, 9.17) is 0 Å². The summed E-state index contributed by atoms with van der Waals surface area (Å²) in [5, 5.41) is 4.97. The number of hydrogen-bond acceptors (Lipinski definition) is 4. The zero-order valence-corrected chi connectivity index (χ0v) is 12.7. The summed E-state index contributed by atoms with van der Waals surface area (Å²) in [5.41, 5.74) is -0.745. The SMILES string of the molecule is CC(=O)Nc1ccc(NC(=O)c2ccc(C(F)(F)F)nc2C)cn1. The molecule has 2 amide bonds. The van der Waals surface area contributed by atoms with Crippen molar-refractivity contribution in [2.75, 3.05) is 10.6 Å². The van der Waals surface area contributed by atoms with E-state index in [9.17, 15) is 22.8 Å². The molecule has 0 unspecified atom stereocenters. The molecule has 0 aliphatic rings. The van der Waals surface area contributed by atoms with Gasteiger partial charge in [0, 0.05) is 6.92 Å². The molecular formula is C15H13F3N4O2. The third kappa shape index (κ3) is 4.28. The van der Waals surface area contributed by atoms with Gasteiger partial charge in [-0.15, -0.1) is 0 Å². The van der Waals surface area contributed by atoms with Gasteiger partial charge in [-0.1, -0.05) is 0 Å². The molecule has 2 rings (SSSR count). The monoisotopic (exact) mass is 338 g/mol. The molecule has 0 atom stereocenters. The molecule has 0 aromatic carbocycles. The van der Waals surface area contributed by atoms with Crippen LogP contribution in [0.15, 0.2) is 30.5 Å². The molecule has 0 aliphatic carbocycles. The largest absolute Gasteiger partial charge is 0.433 e. The summed E-state index contributed by atoms with van der Waals surface area (Å²) >= 11 is 0. The number of nitrogens with zero attached hydrogens (tertiary/aromatic N) is 2. The van der Waals surface area contributed by atoms with Gasteiger partial charge in [0.2, 0.25) is 5.91 Å². The van der Waals surface area contributed by atoms with Gasteiger partial charge in [-0.2, -0.15) is 13.2 Å². The van der Waals surface area contributed by atoms with Crippen LogP contribution in [0.1, 0.15) is 28.7 Å². The van der Waals surface area contributed by atoms with Crippen molar-refractivity contribution in [2.24, 2.45) is 0 Å². The Hall–Kier alpha value is -2.97. The van der Waals surface area contributed by atoms with Crippen molar-refractivity contribution in [3.63, 3.8) is 0 Å². The third-order valence-corrected chi connectivity index (χ3v) is 2.95. The number of rotatable bonds is 3. The molecule has 126 valence electrons. The minimum atomic E-state index is -4.57. The van der Waals surface area contributed by atoms with Crippen molar-refractivity contribution in [1.82, 2.24) is 9.97 Å². The summed E-state index contributed by atoms with van der Waals surface area (Å²) in [6.07, 6.45) is -3.25. The maximum Gasteiger partial charge on any atom is 0.433 e. The Balaban J connectivity index is 2.13. The Bertz CT molecular complexity index is 773. The highest BCUT2D eigenvalue weighted by atomic mass is 19.4. The molecule has 0 spiro atoms. The van der Waals surface area contributed by atoms with Crippen LogP contribution >= 0.6 is 0 Å². The van der Waals surface area contributed by atoms with Crippen molar-refractivity contribution in [2.45, 2.75) is 20.0 Å². The molecule has 0 saturated carbocycles. The summed E-state index contributed by atoms with van der Waals surface area (Å²) in [5.74, 6) is -0.582. The Morgan fingerprint density at radius 3 is 2.29 bits per heavy atom. The molecule has 0 saturated heterocycles. The number of carbonyl (C=O) groups excluding carboxylic acids is 2. The smallest absolute Gasteiger partial charge is 0.321 e. The van der Waals surface area contributed by atoms with E-state index in [0.717, 1.165) is 12.1 Å². The number of halogens is 3. The average Bonchev–Trinajstić information content (AvgIpc) is 2.47. The van der Waals surface area contributed by atoms with Crippen molar-refractivity contribution in [3.8, 4) is 0 Å². The van der Waals surface area contributed by atoms with Crippen LogP contribution in [0, 0.1) is 6.92 Å². The number of hydrogen-bond donors (Lipinski definition) is 2. The first-order valence-corrected chi connectivity index (χ1v) is 6.76. The highest BCUT2D eigenvalue weighted by molar-refractivity contribution is 6.05. The van der Waals surface area contributed by atoms with Crippen LogP contribution in [0.4, 0.5) is 24.7 Å². The highest BCUT2D eigenvalue weighted by Crippen LogP contribution is 2.28. The summed E-state index contributed by atoms with van der Waals surface area (Å²) in [6.45, 7) is 2.65. The van der Waals surface area contributed by atoms with Gasteiger partial charge in [-0.05, 0) is 31.2 Å². The normalized spacial score (nSPS) is 11.0. The van der Waals surface area contributed by atoms with E-state index in [1.807, 2.05) is 0 Å². The van der Waals surface area contributed by atoms with Gasteiger partial charge in [-0.3, -0.25) is 9.59 Å². The van der Waals surface area contributed by atoms with Crippen LogP contribution in [0.3, 0.4) is 0 Å². The topological polar surface area (TPSA) is 84.0 Å². The van der Waals surface area contributed by atoms with Crippen LogP contribution in [0.2, 0.25) is 0 Å². The fourth-order valence-corrected chi connectivity index (χ4v) is 1.88. The molecule has 0 aliphatic heterocycles. The summed E-state index contributed by atoms with van der Waals surface area (Å²) in [7, 11) is 0. The Labute approximate surface area is 135 Å². The zero-order valence-electron chi connectivity index (χ0n) is 12.7. The van der Waals surface area contributed by atoms with Crippen molar-refractivity contribution in [3.05, 3.63) is 47.4 Å². The molecule has 2 aromatic heterocycles. The Kier molecular flexibility index (Phi) is 4.82. The maximum absolute atomic E-state index is 12.6. The van der Waals surface area contributed by atoms with Crippen molar-refractivity contribution >= 4 is 23.3 Å². The van der Waals surface area contributed by atoms with E-state index < -0.39 is 17.8 Å². The van der Waals surface area contributed by atoms with Crippen LogP contribution in [-0.4, -0.2) is 21.8 Å². The number of pyridine rings is 2. The third-order valence-electron chi connectivity index (χ3n) is 2.95. The minimum Gasteiger partial charge on any atom is -0.321 e. The van der Waals surface area contributed by atoms with Crippen LogP contribution in [0.5, 0.6) is 0 Å². The van der Waals surface area contributed by atoms with Gasteiger partial charge in [0.05, 0.1) is 23.1 Å². The standard InChI is InChI=1S/C15H13F3N4O2/c1-8-11(4-5-12(20-8)15(16,17)18)14(24)22-10-3-6-13(19-7-10)21-9(2)23/h3-7H,1-2H3,(H,22,24)(H,19,21,23). The van der Waals surface area contributed by atoms with Gasteiger partial charge in [-0.25, -0.2) is 9.97 Å². The van der Waals surface area contributed by atoms with E-state index in [1.165, 1.54) is 32.2 Å². The number of carbonyl (C=O) groups is 2. The fourth-order valence-electron chi connectivity index (χ4n) is 1.88. The first-order valence-electron chi connectivity index (χ1n) is 6.76. The molecular weight excluding hydrogens is 325 g/mol. The average molecular weight is 338 g/mol. The molecule has 6 nitrogen and oxygen atoms in total. The molecule has 24 heavy (non-hydrogen) atoms. The lowest BCUT2D eigenvalue weighted by Crippen LogP contribution is -2.17. The number of aryl methyl sites for hydroxylation is 1. The summed E-state index contributed by atoms with van der Waals surface area (Å²) in [4.78, 5) is 30.3. The molecule has 2 heterocycles.